The number of pyridine rings is 1. The van der Waals surface area contributed by atoms with Crippen LogP contribution in [-0.4, -0.2) is 43.0 Å². The van der Waals surface area contributed by atoms with Gasteiger partial charge in [0.25, 0.3) is 0 Å². The van der Waals surface area contributed by atoms with E-state index in [0.717, 1.165) is 11.8 Å². The number of rotatable bonds is 5. The van der Waals surface area contributed by atoms with E-state index in [1.165, 1.54) is 4.31 Å². The fraction of sp³-hybridized carbons (Fsp3) is 0.350. The Morgan fingerprint density at radius 2 is 2.17 bits per heavy atom. The third kappa shape index (κ3) is 5.10. The van der Waals surface area contributed by atoms with Gasteiger partial charge in [0.2, 0.25) is 21.8 Å². The highest BCUT2D eigenvalue weighted by atomic mass is 32.2. The van der Waals surface area contributed by atoms with Gasteiger partial charge in [-0.15, -0.1) is 0 Å². The molecule has 1 saturated heterocycles. The topological polar surface area (TPSA) is 112 Å². The van der Waals surface area contributed by atoms with Crippen LogP contribution in [0, 0.1) is 24.2 Å². The van der Waals surface area contributed by atoms with Gasteiger partial charge in [0, 0.05) is 25.0 Å². The van der Waals surface area contributed by atoms with Crippen LogP contribution in [0.2, 0.25) is 0 Å². The Balaban J connectivity index is 1.69. The molecule has 0 bridgehead atoms. The highest BCUT2D eigenvalue weighted by Gasteiger charge is 2.30. The molecule has 1 aromatic heterocycles. The molecule has 8 nitrogen and oxygen atoms in total. The van der Waals surface area contributed by atoms with E-state index in [1.807, 2.05) is 13.0 Å². The van der Waals surface area contributed by atoms with Crippen molar-refractivity contribution in [3.8, 4) is 17.7 Å². The van der Waals surface area contributed by atoms with Crippen molar-refractivity contribution < 1.29 is 17.9 Å². The molecule has 0 radical (unpaired) electrons. The number of nitrogens with one attached hydrogen (secondary N) is 1. The van der Waals surface area contributed by atoms with Crippen LogP contribution in [0.4, 0.5) is 5.69 Å². The summed E-state index contributed by atoms with van der Waals surface area (Å²) in [5, 5.41) is 12.0. The molecule has 0 saturated carbocycles. The summed E-state index contributed by atoms with van der Waals surface area (Å²) < 4.78 is 30.6. The van der Waals surface area contributed by atoms with E-state index in [4.69, 9.17) is 10.00 Å². The number of amides is 1. The van der Waals surface area contributed by atoms with Gasteiger partial charge in [-0.1, -0.05) is 0 Å². The molecule has 1 unspecified atom stereocenters. The van der Waals surface area contributed by atoms with Crippen molar-refractivity contribution in [2.24, 2.45) is 5.92 Å². The van der Waals surface area contributed by atoms with Crippen molar-refractivity contribution in [2.45, 2.75) is 19.8 Å². The zero-order valence-corrected chi connectivity index (χ0v) is 17.1. The largest absolute Gasteiger partial charge is 0.438 e. The molecule has 9 heteroatoms. The Morgan fingerprint density at radius 3 is 2.86 bits per heavy atom. The minimum Gasteiger partial charge on any atom is -0.438 e. The first-order valence-corrected chi connectivity index (χ1v) is 11.0. The Labute approximate surface area is 170 Å². The smallest absolute Gasteiger partial charge is 0.237 e. The number of benzene rings is 1. The molecule has 1 amide bonds. The third-order valence-electron chi connectivity index (χ3n) is 4.79. The van der Waals surface area contributed by atoms with E-state index in [2.05, 4.69) is 10.3 Å². The zero-order chi connectivity index (χ0) is 21.0. The van der Waals surface area contributed by atoms with Gasteiger partial charge >= 0.3 is 0 Å². The van der Waals surface area contributed by atoms with Gasteiger partial charge in [-0.3, -0.25) is 4.79 Å². The maximum Gasteiger partial charge on any atom is 0.237 e. The minimum absolute atomic E-state index is 0.196. The monoisotopic (exact) mass is 414 g/mol. The summed E-state index contributed by atoms with van der Waals surface area (Å²) in [7, 11) is -3.31. The average molecular weight is 414 g/mol. The maximum absolute atomic E-state index is 12.6. The van der Waals surface area contributed by atoms with E-state index in [9.17, 15) is 13.2 Å². The van der Waals surface area contributed by atoms with Crippen molar-refractivity contribution in [2.75, 3.05) is 24.7 Å². The van der Waals surface area contributed by atoms with Crippen molar-refractivity contribution in [1.82, 2.24) is 9.29 Å². The third-order valence-corrected chi connectivity index (χ3v) is 6.06. The molecule has 2 aromatic rings. The van der Waals surface area contributed by atoms with Gasteiger partial charge in [-0.2, -0.15) is 5.26 Å². The quantitative estimate of drug-likeness (QED) is 0.805. The van der Waals surface area contributed by atoms with Crippen LogP contribution in [0.25, 0.3) is 0 Å². The lowest BCUT2D eigenvalue weighted by Crippen LogP contribution is -2.43. The van der Waals surface area contributed by atoms with Gasteiger partial charge in [0.05, 0.1) is 12.2 Å². The number of carbonyl (C=O) groups excluding carboxylic acids is 1. The van der Waals surface area contributed by atoms with Crippen LogP contribution in [0.5, 0.6) is 11.6 Å². The van der Waals surface area contributed by atoms with Crippen molar-refractivity contribution >= 4 is 21.6 Å². The summed E-state index contributed by atoms with van der Waals surface area (Å²) in [5.41, 5.74) is 1.73. The fourth-order valence-corrected chi connectivity index (χ4v) is 4.11. The second-order valence-electron chi connectivity index (χ2n) is 7.00. The van der Waals surface area contributed by atoms with Crippen molar-refractivity contribution in [3.05, 3.63) is 47.7 Å². The van der Waals surface area contributed by atoms with Gasteiger partial charge in [0.15, 0.2) is 0 Å². The maximum atomic E-state index is 12.6. The Kier molecular flexibility index (Phi) is 6.15. The van der Waals surface area contributed by atoms with Crippen LogP contribution >= 0.6 is 0 Å². The first-order chi connectivity index (χ1) is 13.8. The Bertz CT molecular complexity index is 1060. The lowest BCUT2D eigenvalue weighted by Gasteiger charge is -2.30. The number of aryl methyl sites for hydroxylation is 1. The molecule has 1 N–H and O–H groups in total. The van der Waals surface area contributed by atoms with E-state index >= 15 is 0 Å². The summed E-state index contributed by atoms with van der Waals surface area (Å²) in [4.78, 5) is 16.7. The molecule has 1 fully saturated rings. The van der Waals surface area contributed by atoms with Crippen molar-refractivity contribution in [1.29, 1.82) is 5.26 Å². The normalized spacial score (nSPS) is 17.3. The SMILES string of the molecule is Cc1cc(Oc2ncccc2C#N)ccc1NC(=O)C1CCCN(S(C)(=O)=O)C1. The fourth-order valence-electron chi connectivity index (χ4n) is 3.20. The molecule has 0 spiro atoms. The number of hydrogen-bond donors (Lipinski definition) is 1. The second-order valence-corrected chi connectivity index (χ2v) is 8.98. The Hall–Kier alpha value is -2.96. The molecule has 1 aliphatic heterocycles. The number of nitriles is 1. The number of piperidine rings is 1. The Morgan fingerprint density at radius 1 is 1.38 bits per heavy atom. The number of aromatic nitrogens is 1. The summed E-state index contributed by atoms with van der Waals surface area (Å²) in [5.74, 6) is 0.123. The van der Waals surface area contributed by atoms with E-state index in [-0.39, 0.29) is 24.2 Å². The molecular formula is C20H22N4O4S. The standard InChI is InChI=1S/C20H22N4O4S/c1-14-11-17(28-20-15(12-21)5-3-9-22-20)7-8-18(14)23-19(25)16-6-4-10-24(13-16)29(2,26)27/h3,5,7-9,11,16H,4,6,10,13H2,1-2H3,(H,23,25). The molecule has 29 heavy (non-hydrogen) atoms. The van der Waals surface area contributed by atoms with Crippen molar-refractivity contribution in [3.63, 3.8) is 0 Å². The number of carbonyl (C=O) groups is 1. The van der Waals surface area contributed by atoms with Gasteiger partial charge in [0.1, 0.15) is 17.4 Å². The van der Waals surface area contributed by atoms with Crippen LogP contribution < -0.4 is 10.1 Å². The van der Waals surface area contributed by atoms with Crippen LogP contribution in [0.1, 0.15) is 24.0 Å². The number of ether oxygens (including phenoxy) is 1. The van der Waals surface area contributed by atoms with Crippen LogP contribution in [0.15, 0.2) is 36.5 Å². The van der Waals surface area contributed by atoms with E-state index in [1.54, 1.807) is 36.5 Å². The zero-order valence-electron chi connectivity index (χ0n) is 16.3. The van der Waals surface area contributed by atoms with Gasteiger partial charge in [-0.25, -0.2) is 17.7 Å². The highest BCUT2D eigenvalue weighted by molar-refractivity contribution is 7.88. The summed E-state index contributed by atoms with van der Waals surface area (Å²) >= 11 is 0. The summed E-state index contributed by atoms with van der Waals surface area (Å²) in [6, 6.07) is 10.4. The number of nitrogens with zero attached hydrogens (tertiary/aromatic N) is 3. The predicted octanol–water partition coefficient (Wildman–Crippen LogP) is 2.66. The first-order valence-electron chi connectivity index (χ1n) is 9.17. The summed E-state index contributed by atoms with van der Waals surface area (Å²) in [6.45, 7) is 2.48. The molecule has 3 rings (SSSR count). The highest BCUT2D eigenvalue weighted by Crippen LogP contribution is 2.28. The predicted molar refractivity (Wildman–Crippen MR) is 108 cm³/mol. The molecule has 1 atom stereocenters. The molecule has 152 valence electrons. The average Bonchev–Trinajstić information content (AvgIpc) is 2.70. The molecule has 1 aromatic carbocycles. The van der Waals surface area contributed by atoms with Crippen LogP contribution in [0.3, 0.4) is 0 Å². The number of sulfonamides is 1. The van der Waals surface area contributed by atoms with Gasteiger partial charge in [-0.05, 0) is 55.7 Å². The lowest BCUT2D eigenvalue weighted by molar-refractivity contribution is -0.120. The molecule has 2 heterocycles. The second kappa shape index (κ2) is 8.59. The van der Waals surface area contributed by atoms with E-state index < -0.39 is 10.0 Å². The minimum atomic E-state index is -3.31. The molecular weight excluding hydrogens is 392 g/mol. The van der Waals surface area contributed by atoms with E-state index in [0.29, 0.717) is 36.4 Å². The van der Waals surface area contributed by atoms with Crippen LogP contribution in [-0.2, 0) is 14.8 Å². The van der Waals surface area contributed by atoms with Gasteiger partial charge < -0.3 is 10.1 Å². The first kappa shape index (κ1) is 20.8. The number of anilines is 1. The lowest BCUT2D eigenvalue weighted by atomic mass is 9.98. The number of hydrogen-bond acceptors (Lipinski definition) is 6. The summed E-state index contributed by atoms with van der Waals surface area (Å²) in [6.07, 6.45) is 4.01. The molecule has 1 aliphatic rings. The molecule has 0 aliphatic carbocycles.